The second-order valence-electron chi connectivity index (χ2n) is 9.79. The van der Waals surface area contributed by atoms with Gasteiger partial charge in [0.25, 0.3) is 0 Å². The molecule has 0 atom stereocenters. The van der Waals surface area contributed by atoms with Gasteiger partial charge >= 0.3 is 11.9 Å². The van der Waals surface area contributed by atoms with Gasteiger partial charge < -0.3 is 24.1 Å². The Morgan fingerprint density at radius 2 is 1.16 bits per heavy atom. The number of hydrogen-bond acceptors (Lipinski definition) is 13. The summed E-state index contributed by atoms with van der Waals surface area (Å²) in [6, 6.07) is 21.9. The Balaban J connectivity index is 1.28. The Kier molecular flexibility index (Phi) is 13.2. The first kappa shape index (κ1) is 35.6. The minimum atomic E-state index is -0.539. The number of halogens is 1. The molecule has 0 aromatic heterocycles. The average Bonchev–Trinajstić information content (AvgIpc) is 3.11. The maximum Gasteiger partial charge on any atom is 0.330 e. The predicted octanol–water partition coefficient (Wildman–Crippen LogP) is 9.82. The SMILES string of the molecule is C=CC(=O)OCCOc1ccc(N=Nc2ccc(N=Nc3ccc(N=Nc4ccc(OCCOC(=O)C=C)c(Cl)c4)cc3C)cc2)c(O)c1. The molecule has 0 aliphatic rings. The monoisotopic (exact) mass is 682 g/mol. The molecule has 0 radical (unpaired) electrons. The highest BCUT2D eigenvalue weighted by Crippen LogP contribution is 2.33. The van der Waals surface area contributed by atoms with Gasteiger partial charge in [-0.05, 0) is 85.3 Å². The fourth-order valence-electron chi connectivity index (χ4n) is 3.80. The average molecular weight is 683 g/mol. The molecule has 1 N–H and O–H groups in total. The van der Waals surface area contributed by atoms with Crippen molar-refractivity contribution in [2.24, 2.45) is 30.7 Å². The topological polar surface area (TPSA) is 165 Å². The van der Waals surface area contributed by atoms with Crippen LogP contribution in [-0.4, -0.2) is 43.5 Å². The van der Waals surface area contributed by atoms with Gasteiger partial charge in [0.1, 0.15) is 49.4 Å². The molecule has 250 valence electrons. The molecule has 0 fully saturated rings. The molecule has 0 bridgehead atoms. The van der Waals surface area contributed by atoms with E-state index in [9.17, 15) is 14.7 Å². The third kappa shape index (κ3) is 11.5. The van der Waals surface area contributed by atoms with Crippen molar-refractivity contribution in [3.8, 4) is 17.2 Å². The first-order valence-corrected chi connectivity index (χ1v) is 15.0. The molecule has 14 heteroatoms. The van der Waals surface area contributed by atoms with E-state index >= 15 is 0 Å². The van der Waals surface area contributed by atoms with Crippen molar-refractivity contribution in [3.63, 3.8) is 0 Å². The normalized spacial score (nSPS) is 11.1. The number of carbonyl (C=O) groups is 2. The Morgan fingerprint density at radius 3 is 1.73 bits per heavy atom. The molecule has 49 heavy (non-hydrogen) atoms. The number of esters is 2. The van der Waals surface area contributed by atoms with E-state index in [4.69, 9.17) is 30.5 Å². The summed E-state index contributed by atoms with van der Waals surface area (Å²) in [5, 5.41) is 36.0. The Bertz CT molecular complexity index is 1890. The summed E-state index contributed by atoms with van der Waals surface area (Å²) < 4.78 is 20.7. The van der Waals surface area contributed by atoms with Gasteiger partial charge in [-0.3, -0.25) is 0 Å². The molecule has 0 spiro atoms. The lowest BCUT2D eigenvalue weighted by atomic mass is 10.2. The second kappa shape index (κ2) is 18.2. The van der Waals surface area contributed by atoms with Gasteiger partial charge in [0.05, 0.1) is 33.5 Å². The lowest BCUT2D eigenvalue weighted by Gasteiger charge is -2.08. The summed E-state index contributed by atoms with van der Waals surface area (Å²) in [5.41, 5.74) is 4.05. The van der Waals surface area contributed by atoms with Gasteiger partial charge in [-0.1, -0.05) is 24.8 Å². The first-order chi connectivity index (χ1) is 23.7. The number of carbonyl (C=O) groups excluding carboxylic acids is 2. The number of benzene rings is 4. The predicted molar refractivity (Wildman–Crippen MR) is 183 cm³/mol. The Labute approximate surface area is 286 Å². The zero-order valence-corrected chi connectivity index (χ0v) is 27.1. The molecular formula is C35H31ClN6O7. The fourth-order valence-corrected chi connectivity index (χ4v) is 4.03. The van der Waals surface area contributed by atoms with Crippen LogP contribution in [0.2, 0.25) is 5.02 Å². The van der Waals surface area contributed by atoms with E-state index in [0.717, 1.165) is 17.7 Å². The van der Waals surface area contributed by atoms with Crippen molar-refractivity contribution in [1.82, 2.24) is 0 Å². The highest BCUT2D eigenvalue weighted by molar-refractivity contribution is 6.32. The van der Waals surface area contributed by atoms with Crippen LogP contribution in [0.1, 0.15) is 5.56 Å². The lowest BCUT2D eigenvalue weighted by molar-refractivity contribution is -0.139. The quantitative estimate of drug-likeness (QED) is 0.0531. The number of aryl methyl sites for hydroxylation is 1. The van der Waals surface area contributed by atoms with E-state index in [1.165, 1.54) is 6.07 Å². The van der Waals surface area contributed by atoms with Crippen molar-refractivity contribution in [3.05, 3.63) is 115 Å². The molecule has 0 aliphatic carbocycles. The molecule has 0 saturated heterocycles. The highest BCUT2D eigenvalue weighted by Gasteiger charge is 2.06. The Morgan fingerprint density at radius 1 is 0.653 bits per heavy atom. The van der Waals surface area contributed by atoms with Gasteiger partial charge in [0.2, 0.25) is 0 Å². The van der Waals surface area contributed by atoms with Crippen molar-refractivity contribution in [2.75, 3.05) is 26.4 Å². The number of phenolic OH excluding ortho intramolecular Hbond substituents is 1. The van der Waals surface area contributed by atoms with Crippen molar-refractivity contribution in [1.29, 1.82) is 0 Å². The molecule has 4 aromatic rings. The van der Waals surface area contributed by atoms with Crippen molar-refractivity contribution in [2.45, 2.75) is 6.92 Å². The standard InChI is InChI=1S/C35H31ClN6O7/c1-4-34(44)48-18-16-46-28-12-14-31(32(43)22-28)42-38-25-8-6-24(7-9-25)37-41-30-13-10-26(20-23(30)3)39-40-27-11-15-33(29(36)21-27)47-17-19-49-35(45)5-2/h4-15,20-22,43H,1-2,16-19H2,3H3. The van der Waals surface area contributed by atoms with Crippen LogP contribution in [0.4, 0.5) is 34.1 Å². The minimum absolute atomic E-state index is 0.0497. The largest absolute Gasteiger partial charge is 0.505 e. The minimum Gasteiger partial charge on any atom is -0.505 e. The molecule has 4 aromatic carbocycles. The van der Waals surface area contributed by atoms with Crippen molar-refractivity contribution >= 4 is 57.7 Å². The molecule has 0 amide bonds. The van der Waals surface area contributed by atoms with Crippen LogP contribution in [0.3, 0.4) is 0 Å². The van der Waals surface area contributed by atoms with Gasteiger partial charge in [0, 0.05) is 18.2 Å². The summed E-state index contributed by atoms with van der Waals surface area (Å²) in [6.45, 7) is 8.92. The molecule has 0 unspecified atom stereocenters. The van der Waals surface area contributed by atoms with Gasteiger partial charge in [-0.15, -0.1) is 5.11 Å². The summed E-state index contributed by atoms with van der Waals surface area (Å²) >= 11 is 6.29. The van der Waals surface area contributed by atoms with Crippen LogP contribution in [0.25, 0.3) is 0 Å². The number of rotatable bonds is 16. The zero-order chi connectivity index (χ0) is 35.0. The van der Waals surface area contributed by atoms with E-state index in [-0.39, 0.29) is 37.9 Å². The van der Waals surface area contributed by atoms with Crippen LogP contribution in [0.15, 0.2) is 135 Å². The smallest absolute Gasteiger partial charge is 0.330 e. The summed E-state index contributed by atoms with van der Waals surface area (Å²) in [7, 11) is 0. The number of aromatic hydroxyl groups is 1. The maximum absolute atomic E-state index is 11.1. The van der Waals surface area contributed by atoms with E-state index in [1.54, 1.807) is 66.7 Å². The third-order valence-electron chi connectivity index (χ3n) is 6.23. The van der Waals surface area contributed by atoms with E-state index in [1.807, 2.05) is 13.0 Å². The summed E-state index contributed by atoms with van der Waals surface area (Å²) in [6.07, 6.45) is 2.15. The fraction of sp³-hybridized carbons (Fsp3) is 0.143. The molecule has 4 rings (SSSR count). The van der Waals surface area contributed by atoms with E-state index < -0.39 is 11.9 Å². The maximum atomic E-state index is 11.1. The van der Waals surface area contributed by atoms with Gasteiger partial charge in [-0.2, -0.15) is 25.6 Å². The van der Waals surface area contributed by atoms with Crippen LogP contribution in [0.5, 0.6) is 17.2 Å². The molecule has 0 saturated carbocycles. The molecule has 13 nitrogen and oxygen atoms in total. The van der Waals surface area contributed by atoms with Crippen LogP contribution in [-0.2, 0) is 19.1 Å². The third-order valence-corrected chi connectivity index (χ3v) is 6.53. The van der Waals surface area contributed by atoms with E-state index in [2.05, 4.69) is 43.8 Å². The Hall–Kier alpha value is -6.21. The van der Waals surface area contributed by atoms with Crippen LogP contribution in [0, 0.1) is 6.92 Å². The number of ether oxygens (including phenoxy) is 4. The lowest BCUT2D eigenvalue weighted by Crippen LogP contribution is -2.10. The summed E-state index contributed by atoms with van der Waals surface area (Å²) in [5.74, 6) is -0.369. The van der Waals surface area contributed by atoms with Gasteiger partial charge in [0.15, 0.2) is 0 Å². The first-order valence-electron chi connectivity index (χ1n) is 14.7. The van der Waals surface area contributed by atoms with E-state index in [0.29, 0.717) is 45.0 Å². The second-order valence-corrected chi connectivity index (χ2v) is 10.2. The number of azo groups is 3. The number of hydrogen-bond donors (Lipinski definition) is 1. The number of nitrogens with zero attached hydrogens (tertiary/aromatic N) is 6. The molecule has 0 heterocycles. The molecule has 0 aliphatic heterocycles. The zero-order valence-electron chi connectivity index (χ0n) is 26.4. The highest BCUT2D eigenvalue weighted by atomic mass is 35.5. The van der Waals surface area contributed by atoms with Crippen LogP contribution >= 0.6 is 11.6 Å². The van der Waals surface area contributed by atoms with Gasteiger partial charge in [-0.25, -0.2) is 9.59 Å². The van der Waals surface area contributed by atoms with Crippen LogP contribution < -0.4 is 9.47 Å². The van der Waals surface area contributed by atoms with Crippen molar-refractivity contribution < 1.29 is 33.6 Å². The summed E-state index contributed by atoms with van der Waals surface area (Å²) in [4.78, 5) is 22.2. The number of phenols is 1. The molecular weight excluding hydrogens is 652 g/mol.